The molecule has 0 spiro atoms. The zero-order valence-electron chi connectivity index (χ0n) is 21.7. The van der Waals surface area contributed by atoms with Gasteiger partial charge in [-0.1, -0.05) is 136 Å². The Morgan fingerprint density at radius 3 is 1.42 bits per heavy atom. The van der Waals surface area contributed by atoms with E-state index in [2.05, 4.69) is 42.7 Å². The van der Waals surface area contributed by atoms with Crippen molar-refractivity contribution in [3.63, 3.8) is 0 Å². The highest BCUT2D eigenvalue weighted by molar-refractivity contribution is 4.89. The SMILES string of the molecule is CCCCCCCCCCCCCCCCCC[C@H](CCCCC)c1[nH]cc[n+]1CC. The van der Waals surface area contributed by atoms with Crippen LogP contribution in [0.1, 0.15) is 167 Å². The van der Waals surface area contributed by atoms with E-state index in [-0.39, 0.29) is 0 Å². The maximum Gasteiger partial charge on any atom is 0.257 e. The molecule has 1 heterocycles. The van der Waals surface area contributed by atoms with Gasteiger partial charge in [-0.25, -0.2) is 9.55 Å². The lowest BCUT2D eigenvalue weighted by atomic mass is 9.93. The molecule has 2 nitrogen and oxygen atoms in total. The molecule has 0 radical (unpaired) electrons. The zero-order valence-corrected chi connectivity index (χ0v) is 21.7. The predicted molar refractivity (Wildman–Crippen MR) is 138 cm³/mol. The Hall–Kier alpha value is -0.790. The molecule has 1 atom stereocenters. The minimum absolute atomic E-state index is 0.730. The van der Waals surface area contributed by atoms with Crippen LogP contribution < -0.4 is 4.57 Å². The van der Waals surface area contributed by atoms with Gasteiger partial charge in [0.2, 0.25) is 0 Å². The van der Waals surface area contributed by atoms with E-state index in [9.17, 15) is 0 Å². The molecule has 1 aromatic rings. The minimum Gasteiger partial charge on any atom is -0.247 e. The molecule has 1 aromatic heterocycles. The molecule has 2 heteroatoms. The first-order valence-corrected chi connectivity index (χ1v) is 14.4. The number of aryl methyl sites for hydroxylation is 1. The van der Waals surface area contributed by atoms with Crippen molar-refractivity contribution in [3.8, 4) is 0 Å². The van der Waals surface area contributed by atoms with E-state index in [1.165, 1.54) is 141 Å². The number of nitrogens with zero attached hydrogens (tertiary/aromatic N) is 1. The first kappa shape index (κ1) is 28.2. The van der Waals surface area contributed by atoms with Crippen LogP contribution in [-0.4, -0.2) is 4.98 Å². The van der Waals surface area contributed by atoms with Gasteiger partial charge in [-0.2, -0.15) is 0 Å². The summed E-state index contributed by atoms with van der Waals surface area (Å²) in [6, 6.07) is 0. The minimum atomic E-state index is 0.730. The van der Waals surface area contributed by atoms with E-state index in [0.29, 0.717) is 0 Å². The van der Waals surface area contributed by atoms with Crippen LogP contribution in [0, 0.1) is 0 Å². The van der Waals surface area contributed by atoms with Crippen LogP contribution in [0.5, 0.6) is 0 Å². The van der Waals surface area contributed by atoms with Crippen LogP contribution in [0.4, 0.5) is 0 Å². The molecule has 0 bridgehead atoms. The summed E-state index contributed by atoms with van der Waals surface area (Å²) in [5.41, 5.74) is 0. The van der Waals surface area contributed by atoms with E-state index in [1.54, 1.807) is 0 Å². The van der Waals surface area contributed by atoms with Crippen molar-refractivity contribution >= 4 is 0 Å². The molecular formula is C29H57N2+. The standard InChI is InChI=1S/C29H56N2/c1-4-7-9-10-11-12-13-14-15-16-17-18-19-20-21-23-25-28(24-22-8-5-2)29-30-26-27-31(29)6-3/h26-28H,4-25H2,1-3H3/p+1/t28-/m0/s1. The van der Waals surface area contributed by atoms with Crippen molar-refractivity contribution in [1.82, 2.24) is 4.98 Å². The van der Waals surface area contributed by atoms with Gasteiger partial charge < -0.3 is 0 Å². The molecule has 0 aliphatic rings. The van der Waals surface area contributed by atoms with E-state index in [0.717, 1.165) is 12.5 Å². The fourth-order valence-electron chi connectivity index (χ4n) is 5.00. The average Bonchev–Trinajstić information content (AvgIpc) is 3.26. The number of unbranched alkanes of at least 4 members (excludes halogenated alkanes) is 17. The number of aromatic amines is 1. The number of nitrogens with one attached hydrogen (secondary N) is 1. The van der Waals surface area contributed by atoms with Crippen molar-refractivity contribution in [3.05, 3.63) is 18.2 Å². The van der Waals surface area contributed by atoms with Gasteiger partial charge in [-0.15, -0.1) is 0 Å². The van der Waals surface area contributed by atoms with Gasteiger partial charge in [0.15, 0.2) is 0 Å². The Morgan fingerprint density at radius 2 is 0.968 bits per heavy atom. The molecule has 1 N–H and O–H groups in total. The number of H-pyrrole nitrogens is 1. The van der Waals surface area contributed by atoms with Crippen molar-refractivity contribution < 1.29 is 4.57 Å². The molecule has 0 unspecified atom stereocenters. The summed E-state index contributed by atoms with van der Waals surface area (Å²) in [6.07, 6.45) is 34.4. The lowest BCUT2D eigenvalue weighted by molar-refractivity contribution is -0.701. The normalized spacial score (nSPS) is 12.5. The number of rotatable bonds is 23. The van der Waals surface area contributed by atoms with E-state index >= 15 is 0 Å². The Labute approximate surface area is 196 Å². The first-order chi connectivity index (χ1) is 15.3. The van der Waals surface area contributed by atoms with E-state index in [1.807, 2.05) is 0 Å². The van der Waals surface area contributed by atoms with Gasteiger partial charge in [-0.3, -0.25) is 0 Å². The van der Waals surface area contributed by atoms with Crippen LogP contribution in [0.3, 0.4) is 0 Å². The average molecular weight is 434 g/mol. The van der Waals surface area contributed by atoms with E-state index in [4.69, 9.17) is 0 Å². The van der Waals surface area contributed by atoms with Gasteiger partial charge in [0.25, 0.3) is 5.82 Å². The van der Waals surface area contributed by atoms with Gasteiger partial charge >= 0.3 is 0 Å². The van der Waals surface area contributed by atoms with Crippen LogP contribution >= 0.6 is 0 Å². The molecule has 0 aliphatic carbocycles. The molecule has 0 fully saturated rings. The zero-order chi connectivity index (χ0) is 22.4. The molecule has 0 aliphatic heterocycles. The molecule has 0 saturated carbocycles. The van der Waals surface area contributed by atoms with E-state index < -0.39 is 0 Å². The molecule has 182 valence electrons. The summed E-state index contributed by atoms with van der Waals surface area (Å²) in [7, 11) is 0. The molecular weight excluding hydrogens is 376 g/mol. The van der Waals surface area contributed by atoms with Crippen molar-refractivity contribution in [2.45, 2.75) is 168 Å². The Morgan fingerprint density at radius 1 is 0.581 bits per heavy atom. The second-order valence-corrected chi connectivity index (χ2v) is 9.92. The Kier molecular flexibility index (Phi) is 19.2. The van der Waals surface area contributed by atoms with Gasteiger partial charge in [0.1, 0.15) is 12.4 Å². The fourth-order valence-corrected chi connectivity index (χ4v) is 5.00. The number of imidazole rings is 1. The van der Waals surface area contributed by atoms with Crippen molar-refractivity contribution in [2.24, 2.45) is 0 Å². The maximum atomic E-state index is 3.55. The Balaban J connectivity index is 1.98. The third-order valence-electron chi connectivity index (χ3n) is 7.08. The first-order valence-electron chi connectivity index (χ1n) is 14.4. The van der Waals surface area contributed by atoms with Crippen LogP contribution in [0.15, 0.2) is 12.4 Å². The smallest absolute Gasteiger partial charge is 0.247 e. The quantitative estimate of drug-likeness (QED) is 0.131. The van der Waals surface area contributed by atoms with Crippen molar-refractivity contribution in [2.75, 3.05) is 0 Å². The summed E-state index contributed by atoms with van der Waals surface area (Å²) >= 11 is 0. The van der Waals surface area contributed by atoms with Crippen molar-refractivity contribution in [1.29, 1.82) is 0 Å². The lowest BCUT2D eigenvalue weighted by Crippen LogP contribution is -2.36. The highest BCUT2D eigenvalue weighted by atomic mass is 15.1. The second-order valence-electron chi connectivity index (χ2n) is 9.92. The summed E-state index contributed by atoms with van der Waals surface area (Å²) < 4.78 is 2.42. The highest BCUT2D eigenvalue weighted by Gasteiger charge is 2.21. The van der Waals surface area contributed by atoms with Gasteiger partial charge in [0.05, 0.1) is 12.5 Å². The monoisotopic (exact) mass is 433 g/mol. The lowest BCUT2D eigenvalue weighted by Gasteiger charge is -2.13. The molecule has 1 rings (SSSR count). The van der Waals surface area contributed by atoms with Crippen LogP contribution in [0.25, 0.3) is 0 Å². The fraction of sp³-hybridized carbons (Fsp3) is 0.897. The number of hydrogen-bond acceptors (Lipinski definition) is 0. The third kappa shape index (κ3) is 14.8. The molecule has 0 aromatic carbocycles. The summed E-state index contributed by atoms with van der Waals surface area (Å²) in [6.45, 7) is 7.96. The second kappa shape index (κ2) is 21.1. The van der Waals surface area contributed by atoms with Gasteiger partial charge in [0, 0.05) is 0 Å². The maximum absolute atomic E-state index is 3.55. The van der Waals surface area contributed by atoms with Crippen LogP contribution in [-0.2, 0) is 6.54 Å². The summed E-state index contributed by atoms with van der Waals surface area (Å²) in [5.74, 6) is 2.20. The third-order valence-corrected chi connectivity index (χ3v) is 7.08. The predicted octanol–water partition coefficient (Wildman–Crippen LogP) is 9.64. The summed E-state index contributed by atoms with van der Waals surface area (Å²) in [5, 5.41) is 0. The highest BCUT2D eigenvalue weighted by Crippen LogP contribution is 2.25. The largest absolute Gasteiger partial charge is 0.257 e. The number of aromatic nitrogens is 2. The van der Waals surface area contributed by atoms with Gasteiger partial charge in [-0.05, 0) is 19.8 Å². The van der Waals surface area contributed by atoms with Crippen LogP contribution in [0.2, 0.25) is 0 Å². The Bertz CT molecular complexity index is 479. The molecule has 0 saturated heterocycles. The molecule has 0 amide bonds. The summed E-state index contributed by atoms with van der Waals surface area (Å²) in [4.78, 5) is 3.55. The molecule has 31 heavy (non-hydrogen) atoms. The topological polar surface area (TPSA) is 19.7 Å². The number of hydrogen-bond donors (Lipinski definition) is 1.